The van der Waals surface area contributed by atoms with Gasteiger partial charge in [0.25, 0.3) is 0 Å². The van der Waals surface area contributed by atoms with Crippen molar-refractivity contribution < 1.29 is 13.9 Å². The van der Waals surface area contributed by atoms with Gasteiger partial charge in [-0.05, 0) is 31.0 Å². The van der Waals surface area contributed by atoms with Crippen LogP contribution in [0.25, 0.3) is 10.9 Å². The summed E-state index contributed by atoms with van der Waals surface area (Å²) < 4.78 is 19.2. The number of benzene rings is 1. The Labute approximate surface area is 112 Å². The van der Waals surface area contributed by atoms with Crippen molar-refractivity contribution in [2.24, 2.45) is 0 Å². The first-order valence-electron chi connectivity index (χ1n) is 5.72. The van der Waals surface area contributed by atoms with E-state index in [0.717, 1.165) is 10.9 Å². The average Bonchev–Trinajstić information content (AvgIpc) is 2.70. The molecule has 3 nitrogen and oxygen atoms in total. The van der Waals surface area contributed by atoms with Crippen LogP contribution in [0.3, 0.4) is 0 Å². The van der Waals surface area contributed by atoms with Crippen LogP contribution >= 0.6 is 15.9 Å². The van der Waals surface area contributed by atoms with Crippen molar-refractivity contribution in [1.82, 2.24) is 4.98 Å². The molecule has 1 aromatic carbocycles. The Kier molecular flexibility index (Phi) is 4.01. The average molecular weight is 314 g/mol. The number of fused-ring (bicyclic) bond motifs is 1. The highest BCUT2D eigenvalue weighted by Crippen LogP contribution is 2.26. The van der Waals surface area contributed by atoms with Crippen molar-refractivity contribution in [3.63, 3.8) is 0 Å². The number of hydrogen-bond acceptors (Lipinski definition) is 2. The van der Waals surface area contributed by atoms with Crippen molar-refractivity contribution >= 4 is 32.8 Å². The van der Waals surface area contributed by atoms with E-state index in [9.17, 15) is 9.18 Å². The first-order valence-corrected chi connectivity index (χ1v) is 6.51. The summed E-state index contributed by atoms with van der Waals surface area (Å²) in [5.41, 5.74) is 1.38. The van der Waals surface area contributed by atoms with E-state index in [1.165, 1.54) is 6.07 Å². The fraction of sp³-hybridized carbons (Fsp3) is 0.308. The van der Waals surface area contributed by atoms with Crippen LogP contribution in [-0.4, -0.2) is 17.6 Å². The lowest BCUT2D eigenvalue weighted by atomic mass is 10.1. The third-order valence-electron chi connectivity index (χ3n) is 2.70. The molecule has 0 saturated heterocycles. The van der Waals surface area contributed by atoms with E-state index in [2.05, 4.69) is 20.9 Å². The Hall–Kier alpha value is -1.36. The summed E-state index contributed by atoms with van der Waals surface area (Å²) in [7, 11) is 0. The second-order valence-corrected chi connectivity index (χ2v) is 4.84. The van der Waals surface area contributed by atoms with E-state index in [0.29, 0.717) is 29.4 Å². The molecule has 18 heavy (non-hydrogen) atoms. The van der Waals surface area contributed by atoms with Crippen LogP contribution in [0.15, 0.2) is 22.8 Å². The van der Waals surface area contributed by atoms with Gasteiger partial charge in [0.1, 0.15) is 5.82 Å². The fourth-order valence-electron chi connectivity index (χ4n) is 1.89. The molecular formula is C13H13BrFNO2. The van der Waals surface area contributed by atoms with E-state index in [1.807, 2.05) is 6.07 Å². The Morgan fingerprint density at radius 1 is 1.50 bits per heavy atom. The Balaban J connectivity index is 2.21. The van der Waals surface area contributed by atoms with Crippen LogP contribution in [0.1, 0.15) is 18.9 Å². The van der Waals surface area contributed by atoms with Gasteiger partial charge in [0, 0.05) is 22.5 Å². The molecule has 1 aromatic heterocycles. The number of aromatic nitrogens is 1. The lowest BCUT2D eigenvalue weighted by Crippen LogP contribution is -2.04. The standard InChI is InChI=1S/C13H13BrFNO2/c1-2-18-12(17)4-3-8-7-16-13-10(8)5-9(14)6-11(13)15/h5-7,16H,2-4H2,1H3. The molecule has 0 bridgehead atoms. The number of H-pyrrole nitrogens is 1. The Bertz CT molecular complexity index is 580. The fourth-order valence-corrected chi connectivity index (χ4v) is 2.32. The van der Waals surface area contributed by atoms with Crippen LogP contribution in [0.5, 0.6) is 0 Å². The molecule has 0 amide bonds. The number of esters is 1. The van der Waals surface area contributed by atoms with Crippen LogP contribution < -0.4 is 0 Å². The molecule has 0 aliphatic rings. The number of aryl methyl sites for hydroxylation is 1. The summed E-state index contributed by atoms with van der Waals surface area (Å²) in [5, 5.41) is 0.797. The number of rotatable bonds is 4. The molecule has 0 saturated carbocycles. The summed E-state index contributed by atoms with van der Waals surface area (Å²) in [5.74, 6) is -0.538. The van der Waals surface area contributed by atoms with Gasteiger partial charge in [0.2, 0.25) is 0 Å². The Morgan fingerprint density at radius 3 is 3.00 bits per heavy atom. The van der Waals surface area contributed by atoms with E-state index < -0.39 is 0 Å². The van der Waals surface area contributed by atoms with Crippen LogP contribution in [0, 0.1) is 5.82 Å². The van der Waals surface area contributed by atoms with Gasteiger partial charge in [-0.2, -0.15) is 0 Å². The third-order valence-corrected chi connectivity index (χ3v) is 3.15. The highest BCUT2D eigenvalue weighted by Gasteiger charge is 2.11. The van der Waals surface area contributed by atoms with Gasteiger partial charge in [-0.25, -0.2) is 4.39 Å². The predicted octanol–water partition coefficient (Wildman–Crippen LogP) is 3.57. The van der Waals surface area contributed by atoms with Crippen molar-refractivity contribution in [3.8, 4) is 0 Å². The molecule has 5 heteroatoms. The second-order valence-electron chi connectivity index (χ2n) is 3.93. The quantitative estimate of drug-likeness (QED) is 0.877. The maximum atomic E-state index is 13.6. The van der Waals surface area contributed by atoms with Crippen molar-refractivity contribution in [2.75, 3.05) is 6.61 Å². The van der Waals surface area contributed by atoms with Gasteiger partial charge in [0.15, 0.2) is 0 Å². The minimum atomic E-state index is -0.304. The lowest BCUT2D eigenvalue weighted by Gasteiger charge is -2.01. The molecule has 2 aromatic rings. The second kappa shape index (κ2) is 5.52. The first kappa shape index (κ1) is 13.1. The summed E-state index contributed by atoms with van der Waals surface area (Å²) in [6.45, 7) is 2.16. The molecule has 1 heterocycles. The Morgan fingerprint density at radius 2 is 2.28 bits per heavy atom. The maximum absolute atomic E-state index is 13.6. The number of halogens is 2. The highest BCUT2D eigenvalue weighted by atomic mass is 79.9. The van der Waals surface area contributed by atoms with Gasteiger partial charge >= 0.3 is 5.97 Å². The minimum absolute atomic E-state index is 0.234. The molecule has 96 valence electrons. The van der Waals surface area contributed by atoms with Gasteiger partial charge < -0.3 is 9.72 Å². The molecule has 0 radical (unpaired) electrons. The summed E-state index contributed by atoms with van der Waals surface area (Å²) in [4.78, 5) is 14.2. The van der Waals surface area contributed by atoms with Crippen LogP contribution in [-0.2, 0) is 16.0 Å². The van der Waals surface area contributed by atoms with Crippen molar-refractivity contribution in [1.29, 1.82) is 0 Å². The zero-order chi connectivity index (χ0) is 13.1. The van der Waals surface area contributed by atoms with Crippen LogP contribution in [0.2, 0.25) is 0 Å². The zero-order valence-electron chi connectivity index (χ0n) is 9.93. The molecule has 0 spiro atoms. The summed E-state index contributed by atoms with van der Waals surface area (Å²) >= 11 is 3.26. The monoisotopic (exact) mass is 313 g/mol. The smallest absolute Gasteiger partial charge is 0.306 e. The number of carbonyl (C=O) groups is 1. The van der Waals surface area contributed by atoms with Crippen molar-refractivity contribution in [2.45, 2.75) is 19.8 Å². The molecule has 0 fully saturated rings. The van der Waals surface area contributed by atoms with Gasteiger partial charge in [-0.15, -0.1) is 0 Å². The van der Waals surface area contributed by atoms with E-state index in [-0.39, 0.29) is 11.8 Å². The molecule has 0 aliphatic carbocycles. The number of carbonyl (C=O) groups excluding carboxylic acids is 1. The van der Waals surface area contributed by atoms with E-state index in [4.69, 9.17) is 4.74 Å². The number of nitrogens with one attached hydrogen (secondary N) is 1. The third kappa shape index (κ3) is 2.72. The molecule has 0 atom stereocenters. The summed E-state index contributed by atoms with van der Waals surface area (Å²) in [6.07, 6.45) is 2.57. The topological polar surface area (TPSA) is 42.1 Å². The summed E-state index contributed by atoms with van der Waals surface area (Å²) in [6, 6.07) is 3.25. The first-order chi connectivity index (χ1) is 8.61. The number of aromatic amines is 1. The van der Waals surface area contributed by atoms with Gasteiger partial charge in [-0.1, -0.05) is 15.9 Å². The van der Waals surface area contributed by atoms with Crippen LogP contribution in [0.4, 0.5) is 4.39 Å². The highest BCUT2D eigenvalue weighted by molar-refractivity contribution is 9.10. The lowest BCUT2D eigenvalue weighted by molar-refractivity contribution is -0.143. The molecule has 1 N–H and O–H groups in total. The predicted molar refractivity (Wildman–Crippen MR) is 70.9 cm³/mol. The largest absolute Gasteiger partial charge is 0.466 e. The SMILES string of the molecule is CCOC(=O)CCc1c[nH]c2c(F)cc(Br)cc12. The molecule has 0 aliphatic heterocycles. The minimum Gasteiger partial charge on any atom is -0.466 e. The molecular weight excluding hydrogens is 301 g/mol. The normalized spacial score (nSPS) is 10.8. The maximum Gasteiger partial charge on any atom is 0.306 e. The molecule has 2 rings (SSSR count). The van der Waals surface area contributed by atoms with E-state index in [1.54, 1.807) is 13.1 Å². The zero-order valence-corrected chi connectivity index (χ0v) is 11.5. The number of hydrogen-bond donors (Lipinski definition) is 1. The number of ether oxygens (including phenoxy) is 1. The van der Waals surface area contributed by atoms with Crippen molar-refractivity contribution in [3.05, 3.63) is 34.2 Å². The van der Waals surface area contributed by atoms with E-state index >= 15 is 0 Å². The van der Waals surface area contributed by atoms with Gasteiger partial charge in [-0.3, -0.25) is 4.79 Å². The van der Waals surface area contributed by atoms with Gasteiger partial charge in [0.05, 0.1) is 12.1 Å². The molecule has 0 unspecified atom stereocenters.